The number of aliphatic hydroxyl groups excluding tert-OH is 1. The quantitative estimate of drug-likeness (QED) is 0.359. The minimum absolute atomic E-state index is 0.204. The maximum absolute atomic E-state index is 10.8. The molecule has 2 N–H and O–H groups in total. The number of ether oxygens (including phenoxy) is 1. The Balaban J connectivity index is 1.84. The van der Waals surface area contributed by atoms with E-state index in [1.54, 1.807) is 54.6 Å². The third-order valence-corrected chi connectivity index (χ3v) is 5.55. The highest BCUT2D eigenvalue weighted by Crippen LogP contribution is 2.30. The minimum atomic E-state index is -1.05. The molecule has 3 aromatic rings. The number of carboxylic acid groups (broad SMARTS) is 1. The van der Waals surface area contributed by atoms with Crippen LogP contribution in [0.5, 0.6) is 5.75 Å². The molecule has 3 aromatic carbocycles. The van der Waals surface area contributed by atoms with E-state index in [-0.39, 0.29) is 6.61 Å². The lowest BCUT2D eigenvalue weighted by Gasteiger charge is -2.15. The first-order chi connectivity index (χ1) is 15.4. The highest BCUT2D eigenvalue weighted by Gasteiger charge is 2.11. The van der Waals surface area contributed by atoms with Crippen LogP contribution in [0.1, 0.15) is 33.9 Å². The second-order valence-corrected chi connectivity index (χ2v) is 7.90. The van der Waals surface area contributed by atoms with E-state index in [2.05, 4.69) is 0 Å². The van der Waals surface area contributed by atoms with Gasteiger partial charge in [0.15, 0.2) is 0 Å². The van der Waals surface area contributed by atoms with E-state index in [1.165, 1.54) is 6.08 Å². The summed E-state index contributed by atoms with van der Waals surface area (Å²) in [4.78, 5) is 10.8. The van der Waals surface area contributed by atoms with Crippen molar-refractivity contribution >= 4 is 41.3 Å². The molecule has 0 aliphatic rings. The Labute approximate surface area is 197 Å². The van der Waals surface area contributed by atoms with Gasteiger partial charge in [0.05, 0.1) is 6.10 Å². The maximum atomic E-state index is 10.8. The molecule has 0 fully saturated rings. The Morgan fingerprint density at radius 2 is 1.62 bits per heavy atom. The largest absolute Gasteiger partial charge is 0.488 e. The van der Waals surface area contributed by atoms with Gasteiger partial charge < -0.3 is 14.9 Å². The first kappa shape index (κ1) is 23.6. The Morgan fingerprint density at radius 3 is 2.34 bits per heavy atom. The Hall–Kier alpha value is -3.05. The van der Waals surface area contributed by atoms with Gasteiger partial charge >= 0.3 is 5.97 Å². The van der Waals surface area contributed by atoms with Gasteiger partial charge in [0, 0.05) is 27.2 Å². The fourth-order valence-corrected chi connectivity index (χ4v) is 3.72. The number of aliphatic hydroxyl groups is 1. The van der Waals surface area contributed by atoms with Crippen molar-refractivity contribution in [2.24, 2.45) is 0 Å². The fourth-order valence-electron chi connectivity index (χ4n) is 3.21. The van der Waals surface area contributed by atoms with E-state index >= 15 is 0 Å². The van der Waals surface area contributed by atoms with E-state index in [4.69, 9.17) is 33.0 Å². The molecule has 32 heavy (non-hydrogen) atoms. The lowest BCUT2D eigenvalue weighted by molar-refractivity contribution is -0.131. The summed E-state index contributed by atoms with van der Waals surface area (Å²) in [5.41, 5.74) is 3.63. The average molecular weight is 469 g/mol. The molecule has 0 bridgehead atoms. The molecule has 0 amide bonds. The van der Waals surface area contributed by atoms with Crippen LogP contribution in [-0.2, 0) is 11.4 Å². The van der Waals surface area contributed by atoms with Crippen LogP contribution < -0.4 is 4.74 Å². The van der Waals surface area contributed by atoms with Crippen molar-refractivity contribution in [2.75, 3.05) is 0 Å². The standard InChI is InChI=1S/C26H22Cl2O4/c1-17-6-4-8-19(26(17)32-16-21-22(27)10-5-11-23(21)28)12-14-24(29)20-9-3-2-7-18(20)13-15-25(30)31/h2-15,24,29H,16H2,1H3,(H,30,31). The number of hydrogen-bond donors (Lipinski definition) is 2. The molecular formula is C26H22Cl2O4. The zero-order valence-electron chi connectivity index (χ0n) is 17.3. The molecule has 0 aliphatic heterocycles. The average Bonchev–Trinajstić information content (AvgIpc) is 2.77. The van der Waals surface area contributed by atoms with Gasteiger partial charge in [-0.15, -0.1) is 0 Å². The normalized spacial score (nSPS) is 12.4. The van der Waals surface area contributed by atoms with Crippen LogP contribution in [0.25, 0.3) is 12.2 Å². The van der Waals surface area contributed by atoms with Crippen LogP contribution in [0.15, 0.2) is 72.8 Å². The van der Waals surface area contributed by atoms with Crippen molar-refractivity contribution in [3.05, 3.63) is 111 Å². The summed E-state index contributed by atoms with van der Waals surface area (Å²) in [5.74, 6) is -0.393. The predicted octanol–water partition coefficient (Wildman–Crippen LogP) is 6.73. The summed E-state index contributed by atoms with van der Waals surface area (Å²) in [7, 11) is 0. The Kier molecular flexibility index (Phi) is 8.12. The van der Waals surface area contributed by atoms with Crippen molar-refractivity contribution in [2.45, 2.75) is 19.6 Å². The number of hydrogen-bond acceptors (Lipinski definition) is 3. The SMILES string of the molecule is Cc1cccc(C=CC(O)c2ccccc2C=CC(=O)O)c1OCc1c(Cl)cccc1Cl. The summed E-state index contributed by atoms with van der Waals surface area (Å²) >= 11 is 12.5. The summed E-state index contributed by atoms with van der Waals surface area (Å²) in [5, 5.41) is 20.7. The molecule has 0 aliphatic carbocycles. The van der Waals surface area contributed by atoms with Crippen molar-refractivity contribution < 1.29 is 19.7 Å². The summed E-state index contributed by atoms with van der Waals surface area (Å²) in [6.07, 6.45) is 4.98. The van der Waals surface area contributed by atoms with Crippen LogP contribution >= 0.6 is 23.2 Å². The number of benzene rings is 3. The van der Waals surface area contributed by atoms with Gasteiger partial charge in [0.1, 0.15) is 12.4 Å². The number of para-hydroxylation sites is 1. The van der Waals surface area contributed by atoms with Crippen LogP contribution in [0.4, 0.5) is 0 Å². The number of halogens is 2. The van der Waals surface area contributed by atoms with Crippen molar-refractivity contribution in [3.8, 4) is 5.75 Å². The fraction of sp³-hybridized carbons (Fsp3) is 0.115. The summed E-state index contributed by atoms with van der Waals surface area (Å²) < 4.78 is 6.06. The van der Waals surface area contributed by atoms with Crippen molar-refractivity contribution in [3.63, 3.8) is 0 Å². The van der Waals surface area contributed by atoms with Gasteiger partial charge in [0.2, 0.25) is 0 Å². The van der Waals surface area contributed by atoms with E-state index in [1.807, 2.05) is 25.1 Å². The van der Waals surface area contributed by atoms with E-state index < -0.39 is 12.1 Å². The number of carboxylic acids is 1. The van der Waals surface area contributed by atoms with Crippen LogP contribution in [0.3, 0.4) is 0 Å². The lowest BCUT2D eigenvalue weighted by Crippen LogP contribution is -2.01. The second kappa shape index (κ2) is 11.0. The van der Waals surface area contributed by atoms with Gasteiger partial charge in [0.25, 0.3) is 0 Å². The molecule has 1 atom stereocenters. The molecule has 0 spiro atoms. The minimum Gasteiger partial charge on any atom is -0.488 e. The molecule has 6 heteroatoms. The third kappa shape index (κ3) is 6.01. The van der Waals surface area contributed by atoms with Crippen LogP contribution in [-0.4, -0.2) is 16.2 Å². The van der Waals surface area contributed by atoms with Gasteiger partial charge in [-0.05, 0) is 41.8 Å². The molecule has 0 saturated heterocycles. The first-order valence-electron chi connectivity index (χ1n) is 9.88. The van der Waals surface area contributed by atoms with Crippen molar-refractivity contribution in [1.29, 1.82) is 0 Å². The highest BCUT2D eigenvalue weighted by atomic mass is 35.5. The van der Waals surface area contributed by atoms with Crippen molar-refractivity contribution in [1.82, 2.24) is 0 Å². The van der Waals surface area contributed by atoms with E-state index in [0.29, 0.717) is 32.5 Å². The molecular weight excluding hydrogens is 447 g/mol. The van der Waals surface area contributed by atoms with Gasteiger partial charge in [-0.2, -0.15) is 0 Å². The second-order valence-electron chi connectivity index (χ2n) is 7.09. The first-order valence-corrected chi connectivity index (χ1v) is 10.6. The number of rotatable bonds is 8. The number of carbonyl (C=O) groups is 1. The molecule has 0 saturated carbocycles. The molecule has 1 unspecified atom stereocenters. The van der Waals surface area contributed by atoms with E-state index in [9.17, 15) is 9.90 Å². The smallest absolute Gasteiger partial charge is 0.328 e. The molecule has 0 radical (unpaired) electrons. The monoisotopic (exact) mass is 468 g/mol. The molecule has 3 rings (SSSR count). The van der Waals surface area contributed by atoms with Gasteiger partial charge in [-0.25, -0.2) is 4.79 Å². The number of aliphatic carboxylic acids is 1. The van der Waals surface area contributed by atoms with Crippen LogP contribution in [0, 0.1) is 6.92 Å². The predicted molar refractivity (Wildman–Crippen MR) is 129 cm³/mol. The third-order valence-electron chi connectivity index (χ3n) is 4.84. The highest BCUT2D eigenvalue weighted by molar-refractivity contribution is 6.35. The molecule has 0 heterocycles. The topological polar surface area (TPSA) is 66.8 Å². The maximum Gasteiger partial charge on any atom is 0.328 e. The number of aryl methyl sites for hydroxylation is 1. The lowest BCUT2D eigenvalue weighted by atomic mass is 10.0. The Bertz CT molecular complexity index is 1150. The Morgan fingerprint density at radius 1 is 0.969 bits per heavy atom. The van der Waals surface area contributed by atoms with E-state index in [0.717, 1.165) is 17.2 Å². The molecule has 164 valence electrons. The summed E-state index contributed by atoms with van der Waals surface area (Å²) in [6, 6.07) is 18.1. The molecule has 0 aromatic heterocycles. The zero-order valence-corrected chi connectivity index (χ0v) is 18.8. The van der Waals surface area contributed by atoms with Gasteiger partial charge in [-0.1, -0.05) is 83.9 Å². The molecule has 4 nitrogen and oxygen atoms in total. The van der Waals surface area contributed by atoms with Gasteiger partial charge in [-0.3, -0.25) is 0 Å². The van der Waals surface area contributed by atoms with Crippen LogP contribution in [0.2, 0.25) is 10.0 Å². The zero-order chi connectivity index (χ0) is 23.1. The summed E-state index contributed by atoms with van der Waals surface area (Å²) in [6.45, 7) is 2.14.